The molecular weight excluding hydrogens is 410 g/mol. The van der Waals surface area contributed by atoms with Crippen LogP contribution in [0.15, 0.2) is 15.6 Å². The molecule has 4 heterocycles. The molecule has 1 unspecified atom stereocenters. The van der Waals surface area contributed by atoms with Crippen LogP contribution in [-0.4, -0.2) is 53.2 Å². The molecule has 0 radical (unpaired) electrons. The third-order valence-corrected chi connectivity index (χ3v) is 5.52. The Morgan fingerprint density at radius 3 is 2.70 bits per heavy atom. The van der Waals surface area contributed by atoms with Crippen LogP contribution in [0, 0.1) is 12.7 Å². The number of rotatable bonds is 3. The van der Waals surface area contributed by atoms with Gasteiger partial charge in [-0.2, -0.15) is 22.5 Å². The first-order chi connectivity index (χ1) is 14.2. The molecule has 8 nitrogen and oxygen atoms in total. The van der Waals surface area contributed by atoms with Crippen LogP contribution in [-0.2, 0) is 11.3 Å². The Labute approximate surface area is 169 Å². The molecule has 1 fully saturated rings. The maximum Gasteiger partial charge on any atom is 0.409 e. The smallest absolute Gasteiger partial charge is 0.377 e. The molecule has 2 aliphatic rings. The minimum atomic E-state index is -4.71. The van der Waals surface area contributed by atoms with Gasteiger partial charge in [-0.25, -0.2) is 0 Å². The van der Waals surface area contributed by atoms with Crippen LogP contribution in [0.1, 0.15) is 30.6 Å². The van der Waals surface area contributed by atoms with E-state index in [1.165, 1.54) is 11.2 Å². The fourth-order valence-electron chi connectivity index (χ4n) is 3.86. The summed E-state index contributed by atoms with van der Waals surface area (Å²) >= 11 is 0. The van der Waals surface area contributed by atoms with E-state index in [0.717, 1.165) is 0 Å². The Balaban J connectivity index is 1.84. The van der Waals surface area contributed by atoms with Gasteiger partial charge in [0, 0.05) is 18.7 Å². The predicted molar refractivity (Wildman–Crippen MR) is 98.1 cm³/mol. The van der Waals surface area contributed by atoms with Crippen molar-refractivity contribution >= 4 is 11.8 Å². The third kappa shape index (κ3) is 3.53. The van der Waals surface area contributed by atoms with Crippen molar-refractivity contribution in [1.29, 1.82) is 0 Å². The van der Waals surface area contributed by atoms with Crippen molar-refractivity contribution in [3.8, 4) is 0 Å². The highest BCUT2D eigenvalue weighted by Crippen LogP contribution is 2.39. The van der Waals surface area contributed by atoms with Gasteiger partial charge in [0.1, 0.15) is 12.3 Å². The zero-order chi connectivity index (χ0) is 21.6. The molecule has 0 spiro atoms. The first-order valence-corrected chi connectivity index (χ1v) is 9.56. The molecule has 0 aromatic carbocycles. The van der Waals surface area contributed by atoms with Crippen LogP contribution in [0.25, 0.3) is 0 Å². The predicted octanol–water partition coefficient (Wildman–Crippen LogP) is 2.42. The lowest BCUT2D eigenvalue weighted by atomic mass is 10.1. The van der Waals surface area contributed by atoms with Crippen molar-refractivity contribution in [3.63, 3.8) is 0 Å². The third-order valence-electron chi connectivity index (χ3n) is 5.52. The van der Waals surface area contributed by atoms with E-state index in [-0.39, 0.29) is 37.4 Å². The van der Waals surface area contributed by atoms with Crippen LogP contribution in [0.5, 0.6) is 0 Å². The molecule has 0 aliphatic carbocycles. The minimum Gasteiger partial charge on any atom is -0.377 e. The highest BCUT2D eigenvalue weighted by Gasteiger charge is 2.46. The van der Waals surface area contributed by atoms with Gasteiger partial charge >= 0.3 is 6.18 Å². The van der Waals surface area contributed by atoms with Gasteiger partial charge in [0.25, 0.3) is 5.56 Å². The first-order valence-electron chi connectivity index (χ1n) is 9.56. The quantitative estimate of drug-likeness (QED) is 0.691. The van der Waals surface area contributed by atoms with Gasteiger partial charge in [0.15, 0.2) is 5.82 Å². The lowest BCUT2D eigenvalue weighted by Gasteiger charge is -2.39. The summed E-state index contributed by atoms with van der Waals surface area (Å²) in [5.74, 6) is -1.76. The maximum absolute atomic E-state index is 15.0. The van der Waals surface area contributed by atoms with Gasteiger partial charge < -0.3 is 19.1 Å². The van der Waals surface area contributed by atoms with Crippen molar-refractivity contribution < 1.29 is 26.8 Å². The van der Waals surface area contributed by atoms with Crippen molar-refractivity contribution in [1.82, 2.24) is 14.7 Å². The monoisotopic (exact) mass is 431 g/mol. The SMILES string of the molecule is Cc1nocc1CN1CCC(C(F)(F)F)n2c1nc(N1CCOC[C@H]1C)c(F)c2=O. The molecule has 2 aromatic rings. The summed E-state index contributed by atoms with van der Waals surface area (Å²) in [5, 5.41) is 3.77. The van der Waals surface area contributed by atoms with E-state index in [2.05, 4.69) is 10.1 Å². The number of aromatic nitrogens is 3. The summed E-state index contributed by atoms with van der Waals surface area (Å²) in [5.41, 5.74) is -0.111. The van der Waals surface area contributed by atoms with E-state index >= 15 is 0 Å². The molecule has 0 amide bonds. The summed E-state index contributed by atoms with van der Waals surface area (Å²) in [7, 11) is 0. The minimum absolute atomic E-state index is 0.00895. The molecule has 2 aromatic heterocycles. The van der Waals surface area contributed by atoms with E-state index in [4.69, 9.17) is 9.26 Å². The summed E-state index contributed by atoms with van der Waals surface area (Å²) in [4.78, 5) is 20.1. The number of alkyl halides is 3. The summed E-state index contributed by atoms with van der Waals surface area (Å²) < 4.78 is 66.6. The first kappa shape index (κ1) is 20.6. The Kier molecular flexibility index (Phi) is 5.20. The standard InChI is InChI=1S/C18H21F4N5O3/c1-10-8-29-6-5-26(10)15-14(19)16(28)27-13(18(20,21)22)3-4-25(17(27)23-15)7-12-9-30-24-11(12)2/h9-10,13H,3-8H2,1-2H3/t10-,13?/m1/s1. The normalized spacial score (nSPS) is 22.3. The van der Waals surface area contributed by atoms with Crippen LogP contribution in [0.4, 0.5) is 29.3 Å². The fraction of sp³-hybridized carbons (Fsp3) is 0.611. The molecule has 1 saturated heterocycles. The Morgan fingerprint density at radius 2 is 2.07 bits per heavy atom. The van der Waals surface area contributed by atoms with Crippen LogP contribution in [0.3, 0.4) is 0 Å². The molecule has 4 rings (SSSR count). The average Bonchev–Trinajstić information content (AvgIpc) is 3.09. The molecule has 2 aliphatic heterocycles. The van der Waals surface area contributed by atoms with E-state index in [9.17, 15) is 22.4 Å². The lowest BCUT2D eigenvalue weighted by Crippen LogP contribution is -2.49. The second-order valence-electron chi connectivity index (χ2n) is 7.53. The number of aryl methyl sites for hydroxylation is 1. The number of ether oxygens (including phenoxy) is 1. The lowest BCUT2D eigenvalue weighted by molar-refractivity contribution is -0.171. The Morgan fingerprint density at radius 1 is 1.30 bits per heavy atom. The van der Waals surface area contributed by atoms with Gasteiger partial charge in [0.2, 0.25) is 11.8 Å². The topological polar surface area (TPSA) is 76.6 Å². The highest BCUT2D eigenvalue weighted by atomic mass is 19.4. The van der Waals surface area contributed by atoms with Gasteiger partial charge in [-0.1, -0.05) is 5.16 Å². The number of halogens is 4. The number of fused-ring (bicyclic) bond motifs is 1. The highest BCUT2D eigenvalue weighted by molar-refractivity contribution is 5.48. The van der Waals surface area contributed by atoms with Gasteiger partial charge in [0.05, 0.1) is 31.5 Å². The van der Waals surface area contributed by atoms with Gasteiger partial charge in [-0.05, 0) is 20.3 Å². The molecule has 0 bridgehead atoms. The van der Waals surface area contributed by atoms with Gasteiger partial charge in [-0.15, -0.1) is 0 Å². The number of anilines is 2. The van der Waals surface area contributed by atoms with Crippen molar-refractivity contribution in [2.45, 2.75) is 45.1 Å². The summed E-state index contributed by atoms with van der Waals surface area (Å²) in [6, 6.07) is -2.42. The molecule has 0 N–H and O–H groups in total. The molecular formula is C18H21F4N5O3. The van der Waals surface area contributed by atoms with Crippen molar-refractivity contribution in [3.05, 3.63) is 33.7 Å². The molecule has 2 atom stereocenters. The zero-order valence-corrected chi connectivity index (χ0v) is 16.4. The summed E-state index contributed by atoms with van der Waals surface area (Å²) in [6.45, 7) is 4.48. The molecule has 164 valence electrons. The number of hydrogen-bond acceptors (Lipinski definition) is 7. The van der Waals surface area contributed by atoms with Gasteiger partial charge in [-0.3, -0.25) is 9.36 Å². The van der Waals surface area contributed by atoms with Crippen LogP contribution in [0.2, 0.25) is 0 Å². The van der Waals surface area contributed by atoms with E-state index < -0.39 is 30.0 Å². The van der Waals surface area contributed by atoms with Crippen molar-refractivity contribution in [2.24, 2.45) is 0 Å². The summed E-state index contributed by atoms with van der Waals surface area (Å²) in [6.07, 6.45) is -3.71. The molecule has 0 saturated carbocycles. The van der Waals surface area contributed by atoms with Crippen molar-refractivity contribution in [2.75, 3.05) is 36.1 Å². The molecule has 12 heteroatoms. The second-order valence-corrected chi connectivity index (χ2v) is 7.53. The van der Waals surface area contributed by atoms with Crippen LogP contribution < -0.4 is 15.4 Å². The zero-order valence-electron chi connectivity index (χ0n) is 16.4. The number of morpholine rings is 1. The van der Waals surface area contributed by atoms with E-state index in [1.54, 1.807) is 18.7 Å². The largest absolute Gasteiger partial charge is 0.409 e. The average molecular weight is 431 g/mol. The second kappa shape index (κ2) is 7.56. The fourth-order valence-corrected chi connectivity index (χ4v) is 3.86. The number of nitrogens with zero attached hydrogens (tertiary/aromatic N) is 5. The Bertz CT molecular complexity index is 989. The number of hydrogen-bond donors (Lipinski definition) is 0. The van der Waals surface area contributed by atoms with Crippen LogP contribution >= 0.6 is 0 Å². The molecule has 30 heavy (non-hydrogen) atoms. The van der Waals surface area contributed by atoms with E-state index in [1.807, 2.05) is 0 Å². The Hall–Kier alpha value is -2.63. The maximum atomic E-state index is 15.0. The van der Waals surface area contributed by atoms with E-state index in [0.29, 0.717) is 29.0 Å².